The van der Waals surface area contributed by atoms with Crippen molar-refractivity contribution >= 4 is 0 Å². The molecule has 72 valence electrons. The van der Waals surface area contributed by atoms with E-state index in [9.17, 15) is 0 Å². The molecule has 0 radical (unpaired) electrons. The van der Waals surface area contributed by atoms with E-state index in [0.29, 0.717) is 6.04 Å². The molecule has 1 aromatic rings. The van der Waals surface area contributed by atoms with Crippen LogP contribution in [-0.4, -0.2) is 6.54 Å². The quantitative estimate of drug-likeness (QED) is 0.731. The summed E-state index contributed by atoms with van der Waals surface area (Å²) in [7, 11) is 0. The van der Waals surface area contributed by atoms with Gasteiger partial charge in [-0.05, 0) is 37.1 Å². The molecular formula is C12H14N2. The van der Waals surface area contributed by atoms with Crippen molar-refractivity contribution < 1.29 is 0 Å². The van der Waals surface area contributed by atoms with E-state index < -0.39 is 0 Å². The van der Waals surface area contributed by atoms with E-state index in [1.165, 1.54) is 24.8 Å². The Kier molecular flexibility index (Phi) is 2.81. The molecule has 1 aliphatic rings. The molecule has 1 aromatic carbocycles. The van der Waals surface area contributed by atoms with Gasteiger partial charge >= 0.3 is 0 Å². The third-order valence-electron chi connectivity index (χ3n) is 2.75. The highest BCUT2D eigenvalue weighted by atomic mass is 14.9. The van der Waals surface area contributed by atoms with Crippen LogP contribution in [0.5, 0.6) is 0 Å². The van der Waals surface area contributed by atoms with Crippen LogP contribution < -0.4 is 5.32 Å². The predicted octanol–water partition coefficient (Wildman–Crippen LogP) is 2.37. The number of piperidine rings is 1. The predicted molar refractivity (Wildman–Crippen MR) is 55.8 cm³/mol. The molecule has 1 N–H and O–H groups in total. The van der Waals surface area contributed by atoms with Gasteiger partial charge in [-0.15, -0.1) is 0 Å². The standard InChI is InChI=1S/C12H14N2/c13-9-10-4-6-11(7-5-10)12-3-1-2-8-14-12/h4-7,12,14H,1-3,8H2/t12-/m1/s1. The highest BCUT2D eigenvalue weighted by molar-refractivity contribution is 5.32. The van der Waals surface area contributed by atoms with Gasteiger partial charge in [-0.2, -0.15) is 5.26 Å². The monoisotopic (exact) mass is 186 g/mol. The fourth-order valence-corrected chi connectivity index (χ4v) is 1.93. The van der Waals surface area contributed by atoms with Crippen molar-refractivity contribution in [3.8, 4) is 6.07 Å². The van der Waals surface area contributed by atoms with Gasteiger partial charge in [-0.1, -0.05) is 18.6 Å². The van der Waals surface area contributed by atoms with Gasteiger partial charge in [0.15, 0.2) is 0 Å². The average Bonchev–Trinajstić information content (AvgIpc) is 2.30. The lowest BCUT2D eigenvalue weighted by atomic mass is 9.97. The highest BCUT2D eigenvalue weighted by Crippen LogP contribution is 2.22. The largest absolute Gasteiger partial charge is 0.310 e. The first-order chi connectivity index (χ1) is 6.90. The molecule has 2 nitrogen and oxygen atoms in total. The molecule has 1 atom stereocenters. The van der Waals surface area contributed by atoms with Crippen LogP contribution in [0.15, 0.2) is 24.3 Å². The Hall–Kier alpha value is -1.33. The smallest absolute Gasteiger partial charge is 0.0991 e. The lowest BCUT2D eigenvalue weighted by Crippen LogP contribution is -2.26. The number of hydrogen-bond donors (Lipinski definition) is 1. The second-order valence-electron chi connectivity index (χ2n) is 3.74. The summed E-state index contributed by atoms with van der Waals surface area (Å²) in [6.45, 7) is 1.12. The molecule has 1 fully saturated rings. The molecule has 2 heteroatoms. The number of nitrogens with zero attached hydrogens (tertiary/aromatic N) is 1. The van der Waals surface area contributed by atoms with Crippen LogP contribution in [0.2, 0.25) is 0 Å². The molecule has 0 saturated carbocycles. The Morgan fingerprint density at radius 2 is 2.00 bits per heavy atom. The van der Waals surface area contributed by atoms with Crippen molar-refractivity contribution in [1.29, 1.82) is 5.26 Å². The minimum Gasteiger partial charge on any atom is -0.310 e. The van der Waals surface area contributed by atoms with Gasteiger partial charge in [0.25, 0.3) is 0 Å². The van der Waals surface area contributed by atoms with Crippen molar-refractivity contribution in [2.45, 2.75) is 25.3 Å². The van der Waals surface area contributed by atoms with Crippen LogP contribution in [0.1, 0.15) is 36.4 Å². The lowest BCUT2D eigenvalue weighted by molar-refractivity contribution is 0.412. The van der Waals surface area contributed by atoms with E-state index >= 15 is 0 Å². The maximum atomic E-state index is 8.67. The minimum absolute atomic E-state index is 0.497. The SMILES string of the molecule is N#Cc1ccc([C@H]2CCCCN2)cc1. The zero-order valence-corrected chi connectivity index (χ0v) is 8.16. The van der Waals surface area contributed by atoms with Crippen LogP contribution >= 0.6 is 0 Å². The number of benzene rings is 1. The highest BCUT2D eigenvalue weighted by Gasteiger charge is 2.13. The van der Waals surface area contributed by atoms with Crippen LogP contribution in [0, 0.1) is 11.3 Å². The van der Waals surface area contributed by atoms with E-state index in [4.69, 9.17) is 5.26 Å². The maximum Gasteiger partial charge on any atom is 0.0991 e. The molecule has 2 rings (SSSR count). The fourth-order valence-electron chi connectivity index (χ4n) is 1.93. The number of nitrogens with one attached hydrogen (secondary N) is 1. The summed E-state index contributed by atoms with van der Waals surface area (Å²) >= 11 is 0. The van der Waals surface area contributed by atoms with Gasteiger partial charge in [-0.25, -0.2) is 0 Å². The Bertz CT molecular complexity index is 328. The first kappa shape index (κ1) is 9.23. The molecule has 0 unspecified atom stereocenters. The Labute approximate surface area is 84.6 Å². The third-order valence-corrected chi connectivity index (χ3v) is 2.75. The first-order valence-corrected chi connectivity index (χ1v) is 5.13. The molecular weight excluding hydrogens is 172 g/mol. The summed E-state index contributed by atoms with van der Waals surface area (Å²) in [6, 6.07) is 10.5. The Morgan fingerprint density at radius 1 is 1.21 bits per heavy atom. The van der Waals surface area contributed by atoms with E-state index in [1.54, 1.807) is 0 Å². The minimum atomic E-state index is 0.497. The number of nitriles is 1. The number of hydrogen-bond acceptors (Lipinski definition) is 2. The molecule has 1 heterocycles. The van der Waals surface area contributed by atoms with E-state index in [1.807, 2.05) is 12.1 Å². The molecule has 14 heavy (non-hydrogen) atoms. The van der Waals surface area contributed by atoms with Crippen LogP contribution in [0.4, 0.5) is 0 Å². The summed E-state index contributed by atoms with van der Waals surface area (Å²) in [5.41, 5.74) is 2.05. The van der Waals surface area contributed by atoms with E-state index in [-0.39, 0.29) is 0 Å². The van der Waals surface area contributed by atoms with Crippen molar-refractivity contribution in [3.05, 3.63) is 35.4 Å². The van der Waals surface area contributed by atoms with Gasteiger partial charge < -0.3 is 5.32 Å². The van der Waals surface area contributed by atoms with Gasteiger partial charge in [0.2, 0.25) is 0 Å². The van der Waals surface area contributed by atoms with E-state index in [2.05, 4.69) is 23.5 Å². The summed E-state index contributed by atoms with van der Waals surface area (Å²) < 4.78 is 0. The zero-order chi connectivity index (χ0) is 9.80. The van der Waals surface area contributed by atoms with Gasteiger partial charge in [-0.3, -0.25) is 0 Å². The topological polar surface area (TPSA) is 35.8 Å². The molecule has 1 aliphatic heterocycles. The van der Waals surface area contributed by atoms with Crippen LogP contribution in [-0.2, 0) is 0 Å². The molecule has 0 spiro atoms. The van der Waals surface area contributed by atoms with Crippen LogP contribution in [0.25, 0.3) is 0 Å². The van der Waals surface area contributed by atoms with Gasteiger partial charge in [0.05, 0.1) is 11.6 Å². The Morgan fingerprint density at radius 3 is 2.57 bits per heavy atom. The van der Waals surface area contributed by atoms with Crippen molar-refractivity contribution in [2.75, 3.05) is 6.54 Å². The second-order valence-corrected chi connectivity index (χ2v) is 3.74. The van der Waals surface area contributed by atoms with Crippen LogP contribution in [0.3, 0.4) is 0 Å². The molecule has 0 bridgehead atoms. The third kappa shape index (κ3) is 1.94. The summed E-state index contributed by atoms with van der Waals surface area (Å²) in [4.78, 5) is 0. The summed E-state index contributed by atoms with van der Waals surface area (Å²) in [5.74, 6) is 0. The van der Waals surface area contributed by atoms with Crippen molar-refractivity contribution in [3.63, 3.8) is 0 Å². The van der Waals surface area contributed by atoms with Crippen molar-refractivity contribution in [2.24, 2.45) is 0 Å². The van der Waals surface area contributed by atoms with Gasteiger partial charge in [0, 0.05) is 6.04 Å². The Balaban J connectivity index is 2.12. The molecule has 1 saturated heterocycles. The maximum absolute atomic E-state index is 8.67. The van der Waals surface area contributed by atoms with Gasteiger partial charge in [0.1, 0.15) is 0 Å². The summed E-state index contributed by atoms with van der Waals surface area (Å²) in [6.07, 6.45) is 3.80. The molecule has 0 amide bonds. The lowest BCUT2D eigenvalue weighted by Gasteiger charge is -2.23. The normalized spacial score (nSPS) is 21.5. The second kappa shape index (κ2) is 4.26. The first-order valence-electron chi connectivity index (χ1n) is 5.13. The molecule has 0 aliphatic carbocycles. The fraction of sp³-hybridized carbons (Fsp3) is 0.417. The average molecular weight is 186 g/mol. The van der Waals surface area contributed by atoms with Crippen molar-refractivity contribution in [1.82, 2.24) is 5.32 Å². The molecule has 0 aromatic heterocycles. The van der Waals surface area contributed by atoms with E-state index in [0.717, 1.165) is 12.1 Å². The number of rotatable bonds is 1. The zero-order valence-electron chi connectivity index (χ0n) is 8.16. The summed E-state index contributed by atoms with van der Waals surface area (Å²) in [5, 5.41) is 12.2.